The lowest BCUT2D eigenvalue weighted by Crippen LogP contribution is -2.50. The zero-order valence-corrected chi connectivity index (χ0v) is 15.9. The summed E-state index contributed by atoms with van der Waals surface area (Å²) in [6.07, 6.45) is 5.55. The highest BCUT2D eigenvalue weighted by Crippen LogP contribution is 2.43. The van der Waals surface area contributed by atoms with Crippen LogP contribution in [0, 0.1) is 0 Å². The van der Waals surface area contributed by atoms with E-state index >= 15 is 0 Å². The topological polar surface area (TPSA) is 39.1 Å². The Bertz CT molecular complexity index is 699. The Morgan fingerprint density at radius 1 is 1.42 bits per heavy atom. The first kappa shape index (κ1) is 17.5. The number of hydrogen-bond donors (Lipinski definition) is 1. The molecule has 1 fully saturated rings. The van der Waals surface area contributed by atoms with Crippen molar-refractivity contribution in [1.29, 1.82) is 0 Å². The van der Waals surface area contributed by atoms with Gasteiger partial charge in [-0.05, 0) is 26.3 Å². The highest BCUT2D eigenvalue weighted by molar-refractivity contribution is 8.24. The predicted molar refractivity (Wildman–Crippen MR) is 106 cm³/mol. The van der Waals surface area contributed by atoms with Crippen LogP contribution in [0.5, 0.6) is 0 Å². The Morgan fingerprint density at radius 3 is 2.92 bits per heavy atom. The van der Waals surface area contributed by atoms with Crippen LogP contribution in [0.4, 0.5) is 5.69 Å². The molecule has 1 aromatic rings. The van der Waals surface area contributed by atoms with E-state index in [1.165, 1.54) is 5.06 Å². The molecule has 0 unspecified atom stereocenters. The number of rotatable bonds is 5. The third-order valence-electron chi connectivity index (χ3n) is 4.33. The van der Waals surface area contributed by atoms with Crippen LogP contribution in [0.3, 0.4) is 0 Å². The van der Waals surface area contributed by atoms with Crippen molar-refractivity contribution in [1.82, 2.24) is 9.96 Å². The van der Waals surface area contributed by atoms with Gasteiger partial charge in [0.05, 0.1) is 10.4 Å². The second-order valence-electron chi connectivity index (χ2n) is 6.63. The third kappa shape index (κ3) is 3.23. The summed E-state index contributed by atoms with van der Waals surface area (Å²) in [6, 6.07) is 7.96. The summed E-state index contributed by atoms with van der Waals surface area (Å²) in [5.41, 5.74) is 2.90. The van der Waals surface area contributed by atoms with E-state index in [1.807, 2.05) is 24.3 Å². The van der Waals surface area contributed by atoms with Gasteiger partial charge in [-0.1, -0.05) is 55.5 Å². The van der Waals surface area contributed by atoms with E-state index in [-0.39, 0.29) is 10.9 Å². The highest BCUT2D eigenvalue weighted by atomic mass is 32.2. The summed E-state index contributed by atoms with van der Waals surface area (Å²) in [6.45, 7) is 7.27. The van der Waals surface area contributed by atoms with Gasteiger partial charge < -0.3 is 4.90 Å². The molecular weight excluding hydrogens is 338 g/mol. The van der Waals surface area contributed by atoms with E-state index < -0.39 is 0 Å². The number of allylic oxidation sites excluding steroid dienone is 1. The van der Waals surface area contributed by atoms with Crippen molar-refractivity contribution in [3.8, 4) is 0 Å². The van der Waals surface area contributed by atoms with Crippen molar-refractivity contribution >= 4 is 45.8 Å². The number of thiocarbonyl (C=S) groups is 1. The Morgan fingerprint density at radius 2 is 2.17 bits per heavy atom. The summed E-state index contributed by atoms with van der Waals surface area (Å²) < 4.78 is 0.669. The Labute approximate surface area is 153 Å². The van der Waals surface area contributed by atoms with Crippen molar-refractivity contribution in [2.75, 3.05) is 6.54 Å². The molecule has 1 N–H and O–H groups in total. The zero-order chi connectivity index (χ0) is 17.3. The van der Waals surface area contributed by atoms with E-state index in [0.717, 1.165) is 40.5 Å². The highest BCUT2D eigenvalue weighted by Gasteiger charge is 2.47. The van der Waals surface area contributed by atoms with Gasteiger partial charge in [0.1, 0.15) is 10.5 Å². The van der Waals surface area contributed by atoms with Crippen LogP contribution in [0.2, 0.25) is 0 Å². The molecule has 4 nitrogen and oxygen atoms in total. The number of unbranched alkanes of at least 4 members (excludes halogenated alkanes) is 1. The fraction of sp³-hybridized carbons (Fsp3) is 0.444. The van der Waals surface area contributed by atoms with E-state index in [0.29, 0.717) is 0 Å². The molecule has 2 heterocycles. The van der Waals surface area contributed by atoms with Gasteiger partial charge in [0.25, 0.3) is 0 Å². The molecule has 1 aromatic carbocycles. The zero-order valence-electron chi connectivity index (χ0n) is 14.3. The molecule has 24 heavy (non-hydrogen) atoms. The minimum Gasteiger partial charge on any atom is -0.334 e. The van der Waals surface area contributed by atoms with Crippen LogP contribution < -0.4 is 0 Å². The van der Waals surface area contributed by atoms with Gasteiger partial charge in [-0.2, -0.15) is 0 Å². The van der Waals surface area contributed by atoms with E-state index in [1.54, 1.807) is 24.2 Å². The molecule has 0 aromatic heterocycles. The Balaban J connectivity index is 1.87. The fourth-order valence-corrected chi connectivity index (χ4v) is 5.10. The van der Waals surface area contributed by atoms with Gasteiger partial charge in [-0.15, -0.1) is 0 Å². The molecule has 0 radical (unpaired) electrons. The lowest BCUT2D eigenvalue weighted by molar-refractivity contribution is -0.121. The molecule has 2 aliphatic rings. The molecule has 1 atom stereocenters. The number of para-hydroxylation sites is 1. The van der Waals surface area contributed by atoms with Crippen LogP contribution >= 0.6 is 24.0 Å². The van der Waals surface area contributed by atoms with Crippen LogP contribution in [0.1, 0.15) is 39.2 Å². The fourth-order valence-electron chi connectivity index (χ4n) is 3.17. The number of nitrogens with zero attached hydrogens (tertiary/aromatic N) is 3. The van der Waals surface area contributed by atoms with Crippen molar-refractivity contribution in [2.45, 2.75) is 44.5 Å². The maximum absolute atomic E-state index is 10.8. The molecule has 2 aliphatic heterocycles. The Hall–Kier alpha value is -1.37. The SMILES string of the molecule is CCCCN1C(=S)SC(C)(C)[C@@H]1N(O)C=C1C=Nc2ccccc21. The molecule has 0 bridgehead atoms. The van der Waals surface area contributed by atoms with E-state index in [2.05, 4.69) is 30.7 Å². The van der Waals surface area contributed by atoms with Crippen LogP contribution in [0.25, 0.3) is 5.57 Å². The average molecular weight is 362 g/mol. The van der Waals surface area contributed by atoms with Crippen LogP contribution in [-0.2, 0) is 0 Å². The maximum atomic E-state index is 10.8. The third-order valence-corrected chi connectivity index (χ3v) is 5.96. The number of benzene rings is 1. The molecular formula is C18H23N3OS2. The summed E-state index contributed by atoms with van der Waals surface area (Å²) in [5.74, 6) is 0. The van der Waals surface area contributed by atoms with Gasteiger partial charge >= 0.3 is 0 Å². The lowest BCUT2D eigenvalue weighted by Gasteiger charge is -2.36. The van der Waals surface area contributed by atoms with Crippen molar-refractivity contribution < 1.29 is 5.21 Å². The van der Waals surface area contributed by atoms with E-state index in [9.17, 15) is 5.21 Å². The molecule has 0 spiro atoms. The number of hydroxylamine groups is 2. The first-order valence-electron chi connectivity index (χ1n) is 8.26. The predicted octanol–water partition coefficient (Wildman–Crippen LogP) is 4.67. The van der Waals surface area contributed by atoms with Crippen LogP contribution in [0.15, 0.2) is 35.5 Å². The van der Waals surface area contributed by atoms with Gasteiger partial charge in [-0.25, -0.2) is 5.06 Å². The minimum absolute atomic E-state index is 0.185. The monoisotopic (exact) mass is 361 g/mol. The summed E-state index contributed by atoms with van der Waals surface area (Å²) in [4.78, 5) is 6.54. The molecule has 1 saturated heterocycles. The first-order chi connectivity index (χ1) is 11.4. The summed E-state index contributed by atoms with van der Waals surface area (Å²) in [7, 11) is 0. The van der Waals surface area contributed by atoms with Gasteiger partial charge in [0.2, 0.25) is 0 Å². The van der Waals surface area contributed by atoms with Crippen molar-refractivity contribution in [3.05, 3.63) is 36.0 Å². The second-order valence-corrected chi connectivity index (χ2v) is 8.92. The largest absolute Gasteiger partial charge is 0.334 e. The number of aliphatic imine (C=N–C) groups is 1. The molecule has 0 amide bonds. The number of hydrogen-bond acceptors (Lipinski definition) is 5. The summed E-state index contributed by atoms with van der Waals surface area (Å²) >= 11 is 7.20. The maximum Gasteiger partial charge on any atom is 0.142 e. The van der Waals surface area contributed by atoms with Gasteiger partial charge in [0, 0.05) is 30.1 Å². The van der Waals surface area contributed by atoms with Crippen molar-refractivity contribution in [3.63, 3.8) is 0 Å². The first-order valence-corrected chi connectivity index (χ1v) is 9.48. The standard InChI is InChI=1S/C18H23N3OS2/c1-4-5-10-20-16(18(2,3)24-17(20)23)21(22)12-13-11-19-15-9-7-6-8-14(13)15/h6-9,11-12,16,22H,4-5,10H2,1-3H3/t16-/m0/s1. The minimum atomic E-state index is -0.189. The van der Waals surface area contributed by atoms with Crippen molar-refractivity contribution in [2.24, 2.45) is 4.99 Å². The molecule has 0 aliphatic carbocycles. The van der Waals surface area contributed by atoms with Gasteiger partial charge in [0.15, 0.2) is 0 Å². The summed E-state index contributed by atoms with van der Waals surface area (Å²) in [5, 5.41) is 12.1. The van der Waals surface area contributed by atoms with Crippen LogP contribution in [-0.4, -0.2) is 43.2 Å². The molecule has 128 valence electrons. The smallest absolute Gasteiger partial charge is 0.142 e. The normalized spacial score (nSPS) is 23.2. The van der Waals surface area contributed by atoms with Gasteiger partial charge in [-0.3, -0.25) is 10.2 Å². The molecule has 3 rings (SSSR count). The number of thioether (sulfide) groups is 1. The lowest BCUT2D eigenvalue weighted by atomic mass is 10.1. The molecule has 0 saturated carbocycles. The quantitative estimate of drug-likeness (QED) is 0.609. The van der Waals surface area contributed by atoms with E-state index in [4.69, 9.17) is 12.2 Å². The molecule has 6 heteroatoms. The average Bonchev–Trinajstić information content (AvgIpc) is 3.03. The number of fused-ring (bicyclic) bond motifs is 1. The Kier molecular flexibility index (Phi) is 4.99. The second kappa shape index (κ2) is 6.86.